The molecule has 0 atom stereocenters. The molecule has 260 valence electrons. The van der Waals surface area contributed by atoms with E-state index in [0.29, 0.717) is 0 Å². The summed E-state index contributed by atoms with van der Waals surface area (Å²) in [4.78, 5) is 0. The van der Waals surface area contributed by atoms with Crippen LogP contribution in [0.3, 0.4) is 0 Å². The summed E-state index contributed by atoms with van der Waals surface area (Å²) in [5, 5.41) is -5.00. The Morgan fingerprint density at radius 2 is 0.945 bits per heavy atom. The van der Waals surface area contributed by atoms with Gasteiger partial charge >= 0.3 is 0 Å². The van der Waals surface area contributed by atoms with Gasteiger partial charge in [0.15, 0.2) is 0 Å². The molecule has 0 radical (unpaired) electrons. The van der Waals surface area contributed by atoms with Crippen LogP contribution < -0.4 is 0 Å². The molecule has 0 N–H and O–H groups in total. The van der Waals surface area contributed by atoms with E-state index in [9.17, 15) is 19.2 Å². The lowest BCUT2D eigenvalue weighted by molar-refractivity contribution is 0.669. The van der Waals surface area contributed by atoms with Crippen molar-refractivity contribution in [1.82, 2.24) is 0 Å². The maximum Gasteiger partial charge on any atom is 0.136 e. The van der Waals surface area contributed by atoms with Crippen LogP contribution >= 0.6 is 0 Å². The van der Waals surface area contributed by atoms with Gasteiger partial charge in [-0.15, -0.1) is 0 Å². The van der Waals surface area contributed by atoms with Gasteiger partial charge < -0.3 is 4.42 Å². The molecule has 11 aromatic rings. The van der Waals surface area contributed by atoms with Gasteiger partial charge in [-0.1, -0.05) is 127 Å². The molecule has 0 unspecified atom stereocenters. The van der Waals surface area contributed by atoms with Gasteiger partial charge in [0.25, 0.3) is 0 Å². The van der Waals surface area contributed by atoms with Crippen LogP contribution in [0.15, 0.2) is 162 Å². The third-order valence-electron chi connectivity index (χ3n) is 10.2. The summed E-state index contributed by atoms with van der Waals surface area (Å²) < 4.78 is 247. The summed E-state index contributed by atoms with van der Waals surface area (Å²) >= 11 is 0. The van der Waals surface area contributed by atoms with E-state index in [2.05, 4.69) is 0 Å². The van der Waals surface area contributed by atoms with Gasteiger partial charge in [0.2, 0.25) is 0 Å². The molecule has 1 heterocycles. The highest BCUT2D eigenvalue weighted by molar-refractivity contribution is 6.27. The Morgan fingerprint density at radius 3 is 1.69 bits per heavy atom. The second-order valence-electron chi connectivity index (χ2n) is 13.3. The average Bonchev–Trinajstić information content (AvgIpc) is 3.34. The Hall–Kier alpha value is -6.70. The molecule has 0 aliphatic rings. The van der Waals surface area contributed by atoms with Crippen molar-refractivity contribution in [3.8, 4) is 33.4 Å². The average molecular weight is 729 g/mol. The molecular weight excluding hydrogens is 665 g/mol. The lowest BCUT2D eigenvalue weighted by Gasteiger charge is -2.22. The van der Waals surface area contributed by atoms with Crippen LogP contribution in [0.2, 0.25) is 0 Å². The molecule has 10 aromatic carbocycles. The first-order valence-electron chi connectivity index (χ1n) is 30.2. The van der Waals surface area contributed by atoms with Crippen molar-refractivity contribution in [3.63, 3.8) is 0 Å². The Labute approximate surface area is 356 Å². The van der Waals surface area contributed by atoms with Crippen molar-refractivity contribution in [2.45, 2.75) is 27.7 Å². The van der Waals surface area contributed by atoms with E-state index >= 15 is 0 Å². The molecular formula is C54H38O. The standard InChI is InChI=1S/C54H38O/c1-31-24-46-47(25-32(31)2)53(51-34(4)33(3)26-50-54(51)48-28-35-14-5-6-15-36(35)30-49(48)55-50)44-23-12-11-22-43(44)52(46)39-18-13-17-37(27-39)45-29-38-16-7-8-19-40(38)41-20-9-10-21-42(41)45/h5-30H,1-4H3/i5D,6D,7D,8D,9D,10D,11D,12D,13D,14D,15D,16D,17D,18D,19D,20D,21D,22D,23D,24D,25D,26D,27D,28D,29D,30D. The van der Waals surface area contributed by atoms with Crippen molar-refractivity contribution in [1.29, 1.82) is 0 Å². The van der Waals surface area contributed by atoms with Crippen LogP contribution in [-0.2, 0) is 0 Å². The minimum Gasteiger partial charge on any atom is -0.456 e. The smallest absolute Gasteiger partial charge is 0.136 e. The minimum absolute atomic E-state index is 0.0613. The topological polar surface area (TPSA) is 13.1 Å². The highest BCUT2D eigenvalue weighted by Crippen LogP contribution is 2.50. The van der Waals surface area contributed by atoms with Crippen molar-refractivity contribution >= 4 is 75.8 Å². The molecule has 0 fully saturated rings. The highest BCUT2D eigenvalue weighted by Gasteiger charge is 2.24. The zero-order chi connectivity index (χ0) is 59.6. The van der Waals surface area contributed by atoms with Gasteiger partial charge in [-0.3, -0.25) is 0 Å². The van der Waals surface area contributed by atoms with Crippen LogP contribution in [0.1, 0.15) is 57.9 Å². The fraction of sp³-hybridized carbons (Fsp3) is 0.0741. The van der Waals surface area contributed by atoms with Crippen LogP contribution in [0.5, 0.6) is 0 Å². The highest BCUT2D eigenvalue weighted by atomic mass is 16.3. The Bertz CT molecular complexity index is 4840. The zero-order valence-corrected chi connectivity index (χ0v) is 29.4. The van der Waals surface area contributed by atoms with Crippen molar-refractivity contribution in [2.75, 3.05) is 0 Å². The van der Waals surface area contributed by atoms with E-state index in [0.717, 1.165) is 0 Å². The Morgan fingerprint density at radius 1 is 0.364 bits per heavy atom. The van der Waals surface area contributed by atoms with E-state index in [1.54, 1.807) is 6.92 Å². The molecule has 0 saturated carbocycles. The van der Waals surface area contributed by atoms with Crippen molar-refractivity contribution < 1.29 is 40.1 Å². The molecule has 0 amide bonds. The third-order valence-corrected chi connectivity index (χ3v) is 10.2. The van der Waals surface area contributed by atoms with E-state index in [-0.39, 0.29) is 83.4 Å². The summed E-state index contributed by atoms with van der Waals surface area (Å²) in [6, 6.07) is -19.8. The molecule has 1 heteroatoms. The minimum atomic E-state index is -1.00. The fourth-order valence-electron chi connectivity index (χ4n) is 7.41. The third kappa shape index (κ3) is 4.73. The number of benzene rings is 10. The molecule has 0 bridgehead atoms. The van der Waals surface area contributed by atoms with E-state index < -0.39 is 205 Å². The molecule has 11 rings (SSSR count). The van der Waals surface area contributed by atoms with Gasteiger partial charge in [-0.25, -0.2) is 0 Å². The predicted molar refractivity (Wildman–Crippen MR) is 237 cm³/mol. The monoisotopic (exact) mass is 728 g/mol. The summed E-state index contributed by atoms with van der Waals surface area (Å²) in [6.07, 6.45) is 0. The summed E-state index contributed by atoms with van der Waals surface area (Å²) in [7, 11) is 0. The van der Waals surface area contributed by atoms with E-state index in [4.69, 9.17) is 20.9 Å². The number of hydrogen-bond donors (Lipinski definition) is 0. The fourth-order valence-corrected chi connectivity index (χ4v) is 7.41. The number of furan rings is 1. The molecule has 55 heavy (non-hydrogen) atoms. The summed E-state index contributed by atoms with van der Waals surface area (Å²) in [5.41, 5.74) is -3.07. The van der Waals surface area contributed by atoms with Crippen molar-refractivity contribution in [2.24, 2.45) is 0 Å². The molecule has 0 saturated heterocycles. The van der Waals surface area contributed by atoms with Gasteiger partial charge in [0.05, 0.1) is 35.6 Å². The van der Waals surface area contributed by atoms with Crippen LogP contribution in [0.4, 0.5) is 0 Å². The normalized spacial score (nSPS) is 18.6. The van der Waals surface area contributed by atoms with E-state index in [1.807, 2.05) is 0 Å². The number of hydrogen-bond acceptors (Lipinski definition) is 1. The molecule has 1 aromatic heterocycles. The van der Waals surface area contributed by atoms with Gasteiger partial charge in [-0.2, -0.15) is 0 Å². The summed E-state index contributed by atoms with van der Waals surface area (Å²) in [6.45, 7) is 6.05. The van der Waals surface area contributed by atoms with Gasteiger partial charge in [-0.05, 0) is 167 Å². The summed E-state index contributed by atoms with van der Waals surface area (Å²) in [5.74, 6) is 0. The second kappa shape index (κ2) is 11.9. The maximum absolute atomic E-state index is 10.2. The number of fused-ring (bicyclic) bond motifs is 9. The molecule has 0 aliphatic heterocycles. The first-order valence-corrected chi connectivity index (χ1v) is 17.2. The van der Waals surface area contributed by atoms with Gasteiger partial charge in [0, 0.05) is 10.8 Å². The Kier molecular flexibility index (Phi) is 3.29. The van der Waals surface area contributed by atoms with Crippen LogP contribution in [0.25, 0.3) is 109 Å². The first kappa shape index (κ1) is 15.2. The SMILES string of the molecule is [2H]c1c([2H])c(-c2c3c([2H])c([2H])c([2H])c([2H])c3c(-c3c(C)c(C)c([2H])c4oc5c([2H])c6c([2H])c([2H])c([2H])c([2H])c6c([2H])c5c34)c3c([2H])c(C)c(C)c([2H])c23)c([2H])c(-c2c([2H])c3c([2H])c([2H])c([2H])c([2H])c3c3c([2H])c([2H])c([2H])c([2H])c23)c1[2H]. The van der Waals surface area contributed by atoms with Crippen LogP contribution in [0, 0.1) is 27.7 Å². The molecule has 0 spiro atoms. The van der Waals surface area contributed by atoms with E-state index in [1.165, 1.54) is 20.8 Å². The lowest BCUT2D eigenvalue weighted by Crippen LogP contribution is -1.96. The maximum atomic E-state index is 10.2. The first-order chi connectivity index (χ1) is 37.8. The zero-order valence-electron chi connectivity index (χ0n) is 55.4. The lowest BCUT2D eigenvalue weighted by atomic mass is 9.81. The molecule has 1 nitrogen and oxygen atoms in total. The van der Waals surface area contributed by atoms with Crippen molar-refractivity contribution in [3.05, 3.63) is 179 Å². The van der Waals surface area contributed by atoms with Crippen LogP contribution in [-0.4, -0.2) is 0 Å². The quantitative estimate of drug-likeness (QED) is 0.130. The molecule has 0 aliphatic carbocycles. The van der Waals surface area contributed by atoms with Gasteiger partial charge in [0.1, 0.15) is 11.2 Å². The number of rotatable bonds is 3. The second-order valence-corrected chi connectivity index (χ2v) is 13.3. The predicted octanol–water partition coefficient (Wildman–Crippen LogP) is 15.6. The largest absolute Gasteiger partial charge is 0.456 e. The Balaban J connectivity index is 1.45.